The summed E-state index contributed by atoms with van der Waals surface area (Å²) < 4.78 is 5.18. The maximum Gasteiger partial charge on any atom is 0.129 e. The van der Waals surface area contributed by atoms with Crippen LogP contribution in [0.2, 0.25) is 0 Å². The van der Waals surface area contributed by atoms with Crippen LogP contribution in [0.25, 0.3) is 0 Å². The molecule has 0 saturated carbocycles. The first-order valence-electron chi connectivity index (χ1n) is 10.6. The number of allylic oxidation sites excluding steroid dienone is 9. The Balaban J connectivity index is 3.55. The lowest BCUT2D eigenvalue weighted by Gasteiger charge is -2.19. The molecule has 0 fully saturated rings. The Morgan fingerprint density at radius 2 is 2.07 bits per heavy atom. The fourth-order valence-corrected chi connectivity index (χ4v) is 3.08. The standard InChI is InChI=1S/C25H39N3O/c1-8-15-27-25(28-19(3)4)23(9-2)24(18-26-6)22-13-10-12-20(5)21(17-22)14-11-16-29-7/h10-11,13-15,17-19,26,28H,8-9,12,16H2,1-7H3/b14-11-,24-18-,25-23-,27-15?. The second-order valence-electron chi connectivity index (χ2n) is 7.35. The SMILES string of the molecule is CCC=N/C(NC(C)C)=C(CC)/C(=C\NC)C1=CC(/C=C\COC)=C(C)CC=C1. The molecular formula is C25H39N3O. The van der Waals surface area contributed by atoms with Crippen LogP contribution in [0.3, 0.4) is 0 Å². The highest BCUT2D eigenvalue weighted by Gasteiger charge is 2.15. The normalized spacial score (nSPS) is 16.6. The van der Waals surface area contributed by atoms with E-state index in [9.17, 15) is 0 Å². The van der Waals surface area contributed by atoms with Crippen LogP contribution in [0, 0.1) is 0 Å². The van der Waals surface area contributed by atoms with E-state index in [-0.39, 0.29) is 0 Å². The molecule has 4 heteroatoms. The summed E-state index contributed by atoms with van der Waals surface area (Å²) >= 11 is 0. The maximum atomic E-state index is 5.18. The lowest BCUT2D eigenvalue weighted by Crippen LogP contribution is -2.23. The van der Waals surface area contributed by atoms with Crippen molar-refractivity contribution in [2.45, 2.75) is 59.9 Å². The van der Waals surface area contributed by atoms with Crippen LogP contribution >= 0.6 is 0 Å². The van der Waals surface area contributed by atoms with Gasteiger partial charge in [0.2, 0.25) is 0 Å². The lowest BCUT2D eigenvalue weighted by molar-refractivity contribution is 0.234. The molecule has 0 aromatic heterocycles. The molecule has 0 aliphatic heterocycles. The highest BCUT2D eigenvalue weighted by Crippen LogP contribution is 2.30. The third kappa shape index (κ3) is 8.28. The molecular weight excluding hydrogens is 358 g/mol. The molecule has 0 radical (unpaired) electrons. The lowest BCUT2D eigenvalue weighted by atomic mass is 9.94. The Morgan fingerprint density at radius 1 is 1.31 bits per heavy atom. The van der Waals surface area contributed by atoms with Crippen molar-refractivity contribution < 1.29 is 4.74 Å². The molecule has 1 aliphatic rings. The molecule has 0 atom stereocenters. The molecule has 0 unspecified atom stereocenters. The zero-order valence-electron chi connectivity index (χ0n) is 19.3. The molecule has 0 aromatic carbocycles. The van der Waals surface area contributed by atoms with Gasteiger partial charge in [0, 0.05) is 43.8 Å². The van der Waals surface area contributed by atoms with Gasteiger partial charge in [-0.15, -0.1) is 0 Å². The maximum absolute atomic E-state index is 5.18. The minimum absolute atomic E-state index is 0.310. The quantitative estimate of drug-likeness (QED) is 0.352. The summed E-state index contributed by atoms with van der Waals surface area (Å²) in [7, 11) is 3.66. The summed E-state index contributed by atoms with van der Waals surface area (Å²) in [6.45, 7) is 11.4. The van der Waals surface area contributed by atoms with Gasteiger partial charge >= 0.3 is 0 Å². The predicted octanol–water partition coefficient (Wildman–Crippen LogP) is 5.60. The molecule has 1 aliphatic carbocycles. The average molecular weight is 398 g/mol. The largest absolute Gasteiger partial charge is 0.393 e. The van der Waals surface area contributed by atoms with Gasteiger partial charge in [-0.25, -0.2) is 4.99 Å². The van der Waals surface area contributed by atoms with E-state index >= 15 is 0 Å². The van der Waals surface area contributed by atoms with Crippen molar-refractivity contribution in [2.24, 2.45) is 4.99 Å². The second-order valence-corrected chi connectivity index (χ2v) is 7.35. The highest BCUT2D eigenvalue weighted by molar-refractivity contribution is 5.61. The van der Waals surface area contributed by atoms with Gasteiger partial charge in [-0.1, -0.05) is 43.7 Å². The number of rotatable bonds is 11. The fraction of sp³-hybridized carbons (Fsp3) is 0.480. The van der Waals surface area contributed by atoms with Gasteiger partial charge in [0.05, 0.1) is 6.61 Å². The topological polar surface area (TPSA) is 45.7 Å². The van der Waals surface area contributed by atoms with E-state index in [2.05, 4.69) is 81.8 Å². The Hall–Kier alpha value is -2.33. The molecule has 0 aromatic rings. The van der Waals surface area contributed by atoms with Crippen LogP contribution in [0.1, 0.15) is 53.9 Å². The van der Waals surface area contributed by atoms with E-state index in [0.717, 1.165) is 30.7 Å². The Labute approximate surface area is 177 Å². The van der Waals surface area contributed by atoms with Crippen molar-refractivity contribution in [3.8, 4) is 0 Å². The predicted molar refractivity (Wildman–Crippen MR) is 127 cm³/mol. The van der Waals surface area contributed by atoms with Crippen molar-refractivity contribution >= 4 is 6.21 Å². The van der Waals surface area contributed by atoms with Crippen LogP contribution in [0.4, 0.5) is 0 Å². The molecule has 4 nitrogen and oxygen atoms in total. The van der Waals surface area contributed by atoms with Gasteiger partial charge in [-0.05, 0) is 57.3 Å². The molecule has 0 heterocycles. The summed E-state index contributed by atoms with van der Waals surface area (Å²) in [6.07, 6.45) is 17.7. The van der Waals surface area contributed by atoms with Crippen LogP contribution in [0.5, 0.6) is 0 Å². The minimum Gasteiger partial charge on any atom is -0.393 e. The summed E-state index contributed by atoms with van der Waals surface area (Å²) in [4.78, 5) is 4.75. The van der Waals surface area contributed by atoms with E-state index in [1.807, 2.05) is 13.3 Å². The third-order valence-corrected chi connectivity index (χ3v) is 4.48. The molecule has 1 rings (SSSR count). The summed E-state index contributed by atoms with van der Waals surface area (Å²) in [5.41, 5.74) is 6.12. The number of hydrogen-bond acceptors (Lipinski definition) is 4. The van der Waals surface area contributed by atoms with Gasteiger partial charge in [-0.2, -0.15) is 0 Å². The van der Waals surface area contributed by atoms with Gasteiger partial charge in [0.1, 0.15) is 5.82 Å². The first-order valence-corrected chi connectivity index (χ1v) is 10.6. The summed E-state index contributed by atoms with van der Waals surface area (Å²) in [5, 5.41) is 6.78. The van der Waals surface area contributed by atoms with Crippen molar-refractivity contribution in [2.75, 3.05) is 20.8 Å². The van der Waals surface area contributed by atoms with Crippen molar-refractivity contribution in [3.63, 3.8) is 0 Å². The molecule has 0 saturated heterocycles. The minimum atomic E-state index is 0.310. The fourth-order valence-electron chi connectivity index (χ4n) is 3.08. The number of methoxy groups -OCH3 is 1. The summed E-state index contributed by atoms with van der Waals surface area (Å²) in [5.74, 6) is 0.946. The van der Waals surface area contributed by atoms with Gasteiger partial charge in [-0.3, -0.25) is 0 Å². The van der Waals surface area contributed by atoms with Gasteiger partial charge in [0.15, 0.2) is 0 Å². The van der Waals surface area contributed by atoms with Crippen LogP contribution < -0.4 is 10.6 Å². The average Bonchev–Trinajstić information content (AvgIpc) is 2.87. The molecule has 0 amide bonds. The Kier molecular flexibility index (Phi) is 11.7. The van der Waals surface area contributed by atoms with Crippen LogP contribution in [0.15, 0.2) is 75.3 Å². The van der Waals surface area contributed by atoms with Gasteiger partial charge in [0.25, 0.3) is 0 Å². The molecule has 160 valence electrons. The second kappa shape index (κ2) is 13.8. The highest BCUT2D eigenvalue weighted by atomic mass is 16.5. The number of aliphatic imine (C=N–C) groups is 1. The van der Waals surface area contributed by atoms with Gasteiger partial charge < -0.3 is 15.4 Å². The summed E-state index contributed by atoms with van der Waals surface area (Å²) in [6, 6.07) is 0.310. The Morgan fingerprint density at radius 3 is 2.66 bits per heavy atom. The first-order chi connectivity index (χ1) is 14.0. The van der Waals surface area contributed by atoms with Crippen molar-refractivity contribution in [1.82, 2.24) is 10.6 Å². The first kappa shape index (κ1) is 24.7. The van der Waals surface area contributed by atoms with Crippen LogP contribution in [-0.4, -0.2) is 33.0 Å². The van der Waals surface area contributed by atoms with E-state index in [4.69, 9.17) is 9.73 Å². The van der Waals surface area contributed by atoms with Crippen molar-refractivity contribution in [3.05, 3.63) is 70.3 Å². The molecule has 29 heavy (non-hydrogen) atoms. The Bertz CT molecular complexity index is 731. The number of ether oxygens (including phenoxy) is 1. The molecule has 2 N–H and O–H groups in total. The molecule has 0 spiro atoms. The number of hydrogen-bond donors (Lipinski definition) is 2. The third-order valence-electron chi connectivity index (χ3n) is 4.48. The van der Waals surface area contributed by atoms with E-state index in [1.54, 1.807) is 7.11 Å². The monoisotopic (exact) mass is 397 g/mol. The molecule has 0 bridgehead atoms. The van der Waals surface area contributed by atoms with E-state index in [0.29, 0.717) is 12.6 Å². The van der Waals surface area contributed by atoms with E-state index < -0.39 is 0 Å². The van der Waals surface area contributed by atoms with Crippen molar-refractivity contribution in [1.29, 1.82) is 0 Å². The number of nitrogens with zero attached hydrogens (tertiary/aromatic N) is 1. The number of nitrogens with one attached hydrogen (secondary N) is 2. The zero-order chi connectivity index (χ0) is 21.6. The zero-order valence-corrected chi connectivity index (χ0v) is 19.3. The van der Waals surface area contributed by atoms with E-state index in [1.165, 1.54) is 22.3 Å². The smallest absolute Gasteiger partial charge is 0.129 e. The van der Waals surface area contributed by atoms with Crippen LogP contribution in [-0.2, 0) is 4.74 Å².